The topological polar surface area (TPSA) is 149 Å². The van der Waals surface area contributed by atoms with Crippen molar-refractivity contribution in [1.29, 1.82) is 0 Å². The number of nitrogens with zero attached hydrogens (tertiary/aromatic N) is 4. The number of halogens is 1. The predicted octanol–water partition coefficient (Wildman–Crippen LogP) is 3.07. The Balaban J connectivity index is 1.52. The maximum Gasteiger partial charge on any atom is 0.238 e. The maximum absolute atomic E-state index is 13.3. The zero-order chi connectivity index (χ0) is 25.5. The normalized spacial score (nSPS) is 12.3. The van der Waals surface area contributed by atoms with E-state index >= 15 is 0 Å². The van der Waals surface area contributed by atoms with Crippen LogP contribution < -0.4 is 10.5 Å². The number of primary sulfonamides is 1. The minimum atomic E-state index is -3.97. The zero-order valence-corrected chi connectivity index (χ0v) is 20.9. The first-order valence-corrected chi connectivity index (χ1v) is 14.1. The molecule has 36 heavy (non-hydrogen) atoms. The van der Waals surface area contributed by atoms with Gasteiger partial charge >= 0.3 is 0 Å². The summed E-state index contributed by atoms with van der Waals surface area (Å²) >= 11 is 6.23. The average molecular weight is 543 g/mol. The van der Waals surface area contributed by atoms with E-state index in [9.17, 15) is 16.8 Å². The molecule has 3 aromatic carbocycles. The third-order valence-corrected chi connectivity index (χ3v) is 8.37. The smallest absolute Gasteiger partial charge is 0.238 e. The first kappa shape index (κ1) is 24.1. The molecule has 13 heteroatoms. The second-order valence-electron chi connectivity index (χ2n) is 7.93. The van der Waals surface area contributed by atoms with Gasteiger partial charge in [-0.2, -0.15) is 4.52 Å². The van der Waals surface area contributed by atoms with E-state index in [-0.39, 0.29) is 20.5 Å². The van der Waals surface area contributed by atoms with Gasteiger partial charge in [0.25, 0.3) is 0 Å². The molecule has 2 aromatic heterocycles. The van der Waals surface area contributed by atoms with Crippen molar-refractivity contribution < 1.29 is 16.8 Å². The van der Waals surface area contributed by atoms with Crippen LogP contribution in [0.15, 0.2) is 87.6 Å². The highest BCUT2D eigenvalue weighted by molar-refractivity contribution is 7.91. The van der Waals surface area contributed by atoms with Crippen molar-refractivity contribution in [2.45, 2.75) is 21.2 Å². The molecule has 2 heterocycles. The second-order valence-corrected chi connectivity index (χ2v) is 11.8. The first-order chi connectivity index (χ1) is 17.1. The molecule has 0 unspecified atom stereocenters. The number of hydrogen-bond acceptors (Lipinski definition) is 8. The Morgan fingerprint density at radius 1 is 0.917 bits per heavy atom. The molecule has 0 saturated heterocycles. The van der Waals surface area contributed by atoms with Crippen LogP contribution in [0, 0.1) is 0 Å². The number of hydrogen-bond donors (Lipinski definition) is 2. The minimum absolute atomic E-state index is 0.0346. The van der Waals surface area contributed by atoms with Crippen LogP contribution >= 0.6 is 11.6 Å². The summed E-state index contributed by atoms with van der Waals surface area (Å²) in [4.78, 5) is 4.69. The van der Waals surface area contributed by atoms with Gasteiger partial charge in [-0.15, -0.1) is 5.10 Å². The van der Waals surface area contributed by atoms with Gasteiger partial charge in [0, 0.05) is 17.0 Å². The largest absolute Gasteiger partial charge is 0.369 e. The average Bonchev–Trinajstić information content (AvgIpc) is 3.29. The van der Waals surface area contributed by atoms with Crippen LogP contribution in [0.2, 0.25) is 5.02 Å². The van der Waals surface area contributed by atoms with E-state index in [1.807, 2.05) is 0 Å². The lowest BCUT2D eigenvalue weighted by molar-refractivity contribution is 0.592. The molecule has 0 saturated carbocycles. The number of sulfonamides is 1. The van der Waals surface area contributed by atoms with E-state index in [0.29, 0.717) is 34.7 Å². The molecule has 0 fully saturated rings. The molecule has 0 bridgehead atoms. The second kappa shape index (κ2) is 9.13. The molecule has 3 N–H and O–H groups in total. The zero-order valence-electron chi connectivity index (χ0n) is 18.5. The van der Waals surface area contributed by atoms with Crippen LogP contribution in [0.25, 0.3) is 16.6 Å². The van der Waals surface area contributed by atoms with E-state index in [0.717, 1.165) is 5.56 Å². The lowest BCUT2D eigenvalue weighted by atomic mass is 10.1. The van der Waals surface area contributed by atoms with E-state index < -0.39 is 19.9 Å². The molecule has 0 aliphatic heterocycles. The van der Waals surface area contributed by atoms with Crippen LogP contribution in [0.5, 0.6) is 0 Å². The van der Waals surface area contributed by atoms with Gasteiger partial charge in [-0.25, -0.2) is 27.0 Å². The van der Waals surface area contributed by atoms with Crippen LogP contribution in [0.3, 0.4) is 0 Å². The quantitative estimate of drug-likeness (QED) is 0.318. The lowest BCUT2D eigenvalue weighted by Gasteiger charge is -2.11. The number of aromatic nitrogens is 4. The first-order valence-electron chi connectivity index (χ1n) is 10.6. The van der Waals surface area contributed by atoms with E-state index in [4.69, 9.17) is 16.7 Å². The summed E-state index contributed by atoms with van der Waals surface area (Å²) < 4.78 is 50.8. The van der Waals surface area contributed by atoms with Crippen LogP contribution in [-0.4, -0.2) is 43.2 Å². The number of benzene rings is 3. The van der Waals surface area contributed by atoms with Gasteiger partial charge in [0.1, 0.15) is 5.82 Å². The molecule has 5 rings (SSSR count). The Kier molecular flexibility index (Phi) is 6.12. The SMILES string of the molecule is NS(=O)(=O)c1ccc(CCNc2nc3c(S(=O)(=O)c4ccccc4)nnn3c3ccc(Cl)cc23)cc1. The summed E-state index contributed by atoms with van der Waals surface area (Å²) in [7, 11) is -7.73. The van der Waals surface area contributed by atoms with E-state index in [2.05, 4.69) is 20.6 Å². The van der Waals surface area contributed by atoms with Crippen LogP contribution in [0.4, 0.5) is 5.82 Å². The van der Waals surface area contributed by atoms with Gasteiger partial charge in [0.05, 0.1) is 15.3 Å². The molecule has 0 radical (unpaired) electrons. The summed E-state index contributed by atoms with van der Waals surface area (Å²) in [6.45, 7) is 0.418. The molecular formula is C23H19ClN6O4S2. The van der Waals surface area contributed by atoms with Crippen molar-refractivity contribution in [2.75, 3.05) is 11.9 Å². The van der Waals surface area contributed by atoms with Crippen molar-refractivity contribution >= 4 is 53.8 Å². The standard InChI is InChI=1S/C23H19ClN6O4S2/c24-16-8-11-20-19(14-16)21(26-13-12-15-6-9-18(10-7-15)36(25,33)34)27-22-23(28-29-30(20)22)35(31,32)17-4-2-1-3-5-17/h1-11,14H,12-13H2,(H,26,27)(H2,25,33,34). The molecule has 184 valence electrons. The number of anilines is 1. The van der Waals surface area contributed by atoms with Crippen molar-refractivity contribution in [2.24, 2.45) is 5.14 Å². The summed E-state index contributed by atoms with van der Waals surface area (Å²) in [5.41, 5.74) is 1.52. The monoisotopic (exact) mass is 542 g/mol. The summed E-state index contributed by atoms with van der Waals surface area (Å²) in [5.74, 6) is 0.410. The number of nitrogens with one attached hydrogen (secondary N) is 1. The van der Waals surface area contributed by atoms with Gasteiger partial charge in [-0.05, 0) is 54.4 Å². The van der Waals surface area contributed by atoms with Crippen LogP contribution in [0.1, 0.15) is 5.56 Å². The minimum Gasteiger partial charge on any atom is -0.369 e. The Morgan fingerprint density at radius 2 is 1.64 bits per heavy atom. The number of sulfone groups is 1. The molecule has 0 atom stereocenters. The summed E-state index contributed by atoms with van der Waals surface area (Å²) in [5, 5.41) is 17.2. The Bertz CT molecular complexity index is 1810. The molecular weight excluding hydrogens is 524 g/mol. The molecule has 5 aromatic rings. The fourth-order valence-corrected chi connectivity index (χ4v) is 5.70. The molecule has 0 aliphatic carbocycles. The Hall–Kier alpha value is -3.58. The molecule has 0 amide bonds. The Labute approximate surface area is 211 Å². The maximum atomic E-state index is 13.3. The van der Waals surface area contributed by atoms with Crippen LogP contribution in [-0.2, 0) is 26.3 Å². The van der Waals surface area contributed by atoms with Gasteiger partial charge in [0.15, 0.2) is 5.65 Å². The van der Waals surface area contributed by atoms with E-state index in [1.165, 1.54) is 28.8 Å². The van der Waals surface area contributed by atoms with E-state index in [1.54, 1.807) is 48.5 Å². The number of rotatable bonds is 7. The van der Waals surface area contributed by atoms with Gasteiger partial charge in [-0.1, -0.05) is 47.1 Å². The van der Waals surface area contributed by atoms with Gasteiger partial charge in [-0.3, -0.25) is 0 Å². The van der Waals surface area contributed by atoms with Gasteiger partial charge in [0.2, 0.25) is 24.9 Å². The van der Waals surface area contributed by atoms with Gasteiger partial charge < -0.3 is 5.32 Å². The molecule has 10 nitrogen and oxygen atoms in total. The number of fused-ring (bicyclic) bond motifs is 3. The molecule has 0 spiro atoms. The van der Waals surface area contributed by atoms with Crippen molar-refractivity contribution in [1.82, 2.24) is 19.8 Å². The molecule has 0 aliphatic rings. The fourth-order valence-electron chi connectivity index (χ4n) is 3.76. The highest BCUT2D eigenvalue weighted by atomic mass is 35.5. The summed E-state index contributed by atoms with van der Waals surface area (Å²) in [6.07, 6.45) is 0.534. The van der Waals surface area contributed by atoms with Crippen molar-refractivity contribution in [3.63, 3.8) is 0 Å². The lowest BCUT2D eigenvalue weighted by Crippen LogP contribution is -2.12. The predicted molar refractivity (Wildman–Crippen MR) is 135 cm³/mol. The third-order valence-electron chi connectivity index (χ3n) is 5.54. The highest BCUT2D eigenvalue weighted by Gasteiger charge is 2.27. The Morgan fingerprint density at radius 3 is 2.33 bits per heavy atom. The van der Waals surface area contributed by atoms with Crippen molar-refractivity contribution in [3.05, 3.63) is 83.4 Å². The summed E-state index contributed by atoms with van der Waals surface area (Å²) in [6, 6.07) is 19.3. The fraction of sp³-hybridized carbons (Fsp3) is 0.0870. The third kappa shape index (κ3) is 4.51. The highest BCUT2D eigenvalue weighted by Crippen LogP contribution is 2.29. The van der Waals surface area contributed by atoms with Crippen molar-refractivity contribution in [3.8, 4) is 0 Å². The number of nitrogens with two attached hydrogens (primary N) is 1.